The van der Waals surface area contributed by atoms with Crippen LogP contribution in [0.2, 0.25) is 0 Å². The molecule has 6 nitrogen and oxygen atoms in total. The Morgan fingerprint density at radius 3 is 2.48 bits per heavy atom. The highest BCUT2D eigenvalue weighted by atomic mass is 32.2. The van der Waals surface area contributed by atoms with E-state index in [1.807, 2.05) is 13.8 Å². The summed E-state index contributed by atoms with van der Waals surface area (Å²) in [5.41, 5.74) is 2.86. The van der Waals surface area contributed by atoms with Crippen LogP contribution in [0.15, 0.2) is 51.9 Å². The minimum atomic E-state index is -0.427. The molecule has 128 valence electrons. The van der Waals surface area contributed by atoms with Crippen LogP contribution in [0.25, 0.3) is 0 Å². The van der Waals surface area contributed by atoms with Crippen LogP contribution in [0.1, 0.15) is 22.8 Å². The number of aryl methyl sites for hydroxylation is 1. The predicted octanol–water partition coefficient (Wildman–Crippen LogP) is 4.54. The molecule has 0 radical (unpaired) electrons. The Morgan fingerprint density at radius 2 is 1.88 bits per heavy atom. The van der Waals surface area contributed by atoms with E-state index in [0.29, 0.717) is 21.1 Å². The number of allylic oxidation sites excluding steroid dienone is 2. The minimum absolute atomic E-state index is 0.0151. The zero-order chi connectivity index (χ0) is 18.1. The molecule has 1 aliphatic rings. The third-order valence-corrected chi connectivity index (χ3v) is 5.16. The monoisotopic (exact) mass is 356 g/mol. The largest absolute Gasteiger partial charge is 0.497 e. The summed E-state index contributed by atoms with van der Waals surface area (Å²) in [7, 11) is 1.57. The molecule has 0 aliphatic carbocycles. The number of Topliss-reactive ketones (excluding diaryl/α,β-unsaturated/α-hetero) is 1. The molecule has 0 unspecified atom stereocenters. The number of hydrogen-bond donors (Lipinski definition) is 1. The number of nitro benzene ring substituents is 1. The molecule has 3 rings (SSSR count). The van der Waals surface area contributed by atoms with Crippen molar-refractivity contribution in [2.75, 3.05) is 12.4 Å². The number of benzene rings is 2. The van der Waals surface area contributed by atoms with Gasteiger partial charge in [0.05, 0.1) is 22.6 Å². The van der Waals surface area contributed by atoms with Crippen molar-refractivity contribution >= 4 is 28.9 Å². The summed E-state index contributed by atoms with van der Waals surface area (Å²) in [6.45, 7) is 3.64. The first-order valence-corrected chi connectivity index (χ1v) is 8.36. The molecule has 0 bridgehead atoms. The molecular weight excluding hydrogens is 340 g/mol. The lowest BCUT2D eigenvalue weighted by atomic mass is 10.1. The van der Waals surface area contributed by atoms with Gasteiger partial charge in [-0.2, -0.15) is 0 Å². The molecule has 2 aromatic rings. The Hall–Kier alpha value is -2.80. The van der Waals surface area contributed by atoms with Crippen molar-refractivity contribution < 1.29 is 14.5 Å². The molecule has 1 aliphatic heterocycles. The predicted molar refractivity (Wildman–Crippen MR) is 97.3 cm³/mol. The first kappa shape index (κ1) is 17.0. The number of nitro groups is 1. The first-order valence-electron chi connectivity index (χ1n) is 7.54. The maximum absolute atomic E-state index is 12.8. The summed E-state index contributed by atoms with van der Waals surface area (Å²) < 4.78 is 5.11. The van der Waals surface area contributed by atoms with Gasteiger partial charge in [0.15, 0.2) is 0 Å². The molecular formula is C18H16N2O4S. The van der Waals surface area contributed by atoms with Crippen LogP contribution in [-0.4, -0.2) is 17.8 Å². The molecule has 0 saturated carbocycles. The quantitative estimate of drug-likeness (QED) is 0.492. The fourth-order valence-corrected chi connectivity index (χ4v) is 3.73. The number of carbonyl (C=O) groups excluding carboxylic acids is 1. The number of ketones is 1. The number of nitrogens with zero attached hydrogens (tertiary/aromatic N) is 1. The number of fused-ring (bicyclic) bond motifs is 1. The third-order valence-electron chi connectivity index (χ3n) is 3.92. The Balaban J connectivity index is 1.96. The van der Waals surface area contributed by atoms with Crippen molar-refractivity contribution in [3.63, 3.8) is 0 Å². The van der Waals surface area contributed by atoms with Gasteiger partial charge in [0.25, 0.3) is 5.69 Å². The van der Waals surface area contributed by atoms with Crippen LogP contribution in [-0.2, 0) is 0 Å². The number of non-ortho nitro benzene ring substituents is 1. The number of methoxy groups -OCH3 is 1. The zero-order valence-electron chi connectivity index (χ0n) is 14.0. The smallest absolute Gasteiger partial charge is 0.270 e. The molecule has 25 heavy (non-hydrogen) atoms. The van der Waals surface area contributed by atoms with Crippen LogP contribution in [0.5, 0.6) is 5.75 Å². The van der Waals surface area contributed by atoms with E-state index in [0.717, 1.165) is 16.9 Å². The van der Waals surface area contributed by atoms with Gasteiger partial charge in [0.2, 0.25) is 5.78 Å². The van der Waals surface area contributed by atoms with E-state index in [2.05, 4.69) is 5.32 Å². The number of rotatable bonds is 4. The van der Waals surface area contributed by atoms with Gasteiger partial charge in [0.1, 0.15) is 5.75 Å². The topological polar surface area (TPSA) is 81.5 Å². The van der Waals surface area contributed by atoms with Gasteiger partial charge in [0, 0.05) is 28.3 Å². The van der Waals surface area contributed by atoms with Crippen molar-refractivity contribution in [3.05, 3.63) is 68.2 Å². The Bertz CT molecular complexity index is 904. The second-order valence-corrected chi connectivity index (χ2v) is 6.68. The summed E-state index contributed by atoms with van der Waals surface area (Å²) in [5.74, 6) is 0.542. The Kier molecular flexibility index (Phi) is 4.50. The van der Waals surface area contributed by atoms with Crippen molar-refractivity contribution in [3.8, 4) is 5.75 Å². The normalized spacial score (nSPS) is 13.1. The molecule has 0 fully saturated rings. The Labute approximate surface area is 149 Å². The second-order valence-electron chi connectivity index (χ2n) is 5.63. The van der Waals surface area contributed by atoms with E-state index in [-0.39, 0.29) is 11.5 Å². The van der Waals surface area contributed by atoms with Gasteiger partial charge in [-0.3, -0.25) is 14.9 Å². The van der Waals surface area contributed by atoms with Gasteiger partial charge in [-0.1, -0.05) is 11.8 Å². The molecule has 7 heteroatoms. The number of ether oxygens (including phenoxy) is 1. The summed E-state index contributed by atoms with van der Waals surface area (Å²) in [4.78, 5) is 24.7. The number of hydrogen-bond acceptors (Lipinski definition) is 6. The lowest BCUT2D eigenvalue weighted by Gasteiger charge is -2.23. The van der Waals surface area contributed by atoms with E-state index in [4.69, 9.17) is 4.74 Å². The number of thioether (sulfide) groups is 1. The second kappa shape index (κ2) is 6.60. The van der Waals surface area contributed by atoms with Gasteiger partial charge in [-0.05, 0) is 43.7 Å². The molecule has 0 atom stereocenters. The van der Waals surface area contributed by atoms with Crippen LogP contribution in [0.3, 0.4) is 0 Å². The fraction of sp³-hybridized carbons (Fsp3) is 0.167. The zero-order valence-corrected chi connectivity index (χ0v) is 14.8. The van der Waals surface area contributed by atoms with E-state index >= 15 is 0 Å². The van der Waals surface area contributed by atoms with Gasteiger partial charge < -0.3 is 10.1 Å². The lowest BCUT2D eigenvalue weighted by Crippen LogP contribution is -2.13. The van der Waals surface area contributed by atoms with Gasteiger partial charge >= 0.3 is 0 Å². The van der Waals surface area contributed by atoms with E-state index < -0.39 is 4.92 Å². The number of anilines is 1. The third kappa shape index (κ3) is 3.23. The molecule has 0 aromatic heterocycles. The van der Waals surface area contributed by atoms with E-state index in [1.54, 1.807) is 31.4 Å². The summed E-state index contributed by atoms with van der Waals surface area (Å²) >= 11 is 1.26. The number of nitrogens with one attached hydrogen (secondary N) is 1. The van der Waals surface area contributed by atoms with Crippen LogP contribution >= 0.6 is 11.8 Å². The average Bonchev–Trinajstić information content (AvgIpc) is 2.61. The lowest BCUT2D eigenvalue weighted by molar-refractivity contribution is -0.385. The minimum Gasteiger partial charge on any atom is -0.497 e. The molecule has 1 N–H and O–H groups in total. The van der Waals surface area contributed by atoms with Crippen molar-refractivity contribution in [2.24, 2.45) is 0 Å². The van der Waals surface area contributed by atoms with E-state index in [1.165, 1.54) is 23.9 Å². The highest BCUT2D eigenvalue weighted by Gasteiger charge is 2.25. The van der Waals surface area contributed by atoms with Crippen molar-refractivity contribution in [1.82, 2.24) is 0 Å². The fourth-order valence-electron chi connectivity index (χ4n) is 2.60. The first-order chi connectivity index (χ1) is 11.9. The molecule has 0 spiro atoms. The Morgan fingerprint density at radius 1 is 1.20 bits per heavy atom. The van der Waals surface area contributed by atoms with Crippen molar-refractivity contribution in [1.29, 1.82) is 0 Å². The summed E-state index contributed by atoms with van der Waals surface area (Å²) in [6.07, 6.45) is 0. The molecule has 1 heterocycles. The highest BCUT2D eigenvalue weighted by molar-refractivity contribution is 8.04. The van der Waals surface area contributed by atoms with Crippen LogP contribution < -0.4 is 10.1 Å². The van der Waals surface area contributed by atoms with Gasteiger partial charge in [-0.25, -0.2) is 0 Å². The summed E-state index contributed by atoms with van der Waals surface area (Å²) in [5, 5.41) is 14.3. The van der Waals surface area contributed by atoms with Crippen molar-refractivity contribution in [2.45, 2.75) is 18.7 Å². The van der Waals surface area contributed by atoms with Crippen LogP contribution in [0, 0.1) is 17.0 Å². The summed E-state index contributed by atoms with van der Waals surface area (Å²) in [6, 6.07) is 9.89. The highest BCUT2D eigenvalue weighted by Crippen LogP contribution is 2.44. The average molecular weight is 356 g/mol. The molecule has 2 aromatic carbocycles. The molecule has 0 saturated heterocycles. The van der Waals surface area contributed by atoms with E-state index in [9.17, 15) is 14.9 Å². The number of carbonyl (C=O) groups is 1. The maximum Gasteiger partial charge on any atom is 0.270 e. The maximum atomic E-state index is 12.8. The SMILES string of the molecule is COc1ccc(C(=O)C2=C(C)Nc3c(C)cc([N+](=O)[O-])cc3S2)cc1. The van der Waals surface area contributed by atoms with Crippen LogP contribution in [0.4, 0.5) is 11.4 Å². The standard InChI is InChI=1S/C18H16N2O4S/c1-10-8-13(20(22)23)9-15-16(10)19-11(2)18(25-15)17(21)12-4-6-14(24-3)7-5-12/h4-9,19H,1-3H3. The van der Waals surface area contributed by atoms with Gasteiger partial charge in [-0.15, -0.1) is 0 Å². The molecule has 0 amide bonds.